The Kier molecular flexibility index (Phi) is 4.65. The molecular weight excluding hydrogens is 388 g/mol. The lowest BCUT2D eigenvalue weighted by atomic mass is 10.1. The lowest BCUT2D eigenvalue weighted by molar-refractivity contribution is -0.119. The molecule has 0 saturated heterocycles. The molecule has 0 spiro atoms. The number of furan rings is 1. The van der Waals surface area contributed by atoms with Crippen molar-refractivity contribution in [2.24, 2.45) is 0 Å². The minimum atomic E-state index is -0.232. The van der Waals surface area contributed by atoms with Crippen LogP contribution < -0.4 is 10.2 Å². The minimum Gasteiger partial charge on any atom is -0.472 e. The Morgan fingerprint density at radius 1 is 1.17 bits per heavy atom. The highest BCUT2D eigenvalue weighted by Crippen LogP contribution is 2.30. The lowest BCUT2D eigenvalue weighted by Crippen LogP contribution is -2.41. The third-order valence-electron chi connectivity index (χ3n) is 5.36. The first kappa shape index (κ1) is 18.1. The van der Waals surface area contributed by atoms with E-state index in [0.29, 0.717) is 23.8 Å². The molecule has 0 fully saturated rings. The first-order valence-corrected chi connectivity index (χ1v) is 10.4. The fourth-order valence-electron chi connectivity index (χ4n) is 3.87. The van der Waals surface area contributed by atoms with Crippen LogP contribution in [-0.4, -0.2) is 41.3 Å². The van der Waals surface area contributed by atoms with Crippen LogP contribution in [0, 0.1) is 0 Å². The maximum atomic E-state index is 12.9. The number of aromatic nitrogens is 1. The molecule has 0 aliphatic carbocycles. The summed E-state index contributed by atoms with van der Waals surface area (Å²) < 4.78 is 4.95. The minimum absolute atomic E-state index is 0.136. The van der Waals surface area contributed by atoms with Gasteiger partial charge >= 0.3 is 0 Å². The van der Waals surface area contributed by atoms with Crippen LogP contribution in [0.15, 0.2) is 47.3 Å². The van der Waals surface area contributed by atoms with Crippen molar-refractivity contribution >= 4 is 34.0 Å². The van der Waals surface area contributed by atoms with Gasteiger partial charge in [0.05, 0.1) is 24.1 Å². The zero-order valence-corrected chi connectivity index (χ0v) is 16.6. The molecule has 2 aliphatic heterocycles. The van der Waals surface area contributed by atoms with Gasteiger partial charge in [-0.3, -0.25) is 19.8 Å². The van der Waals surface area contributed by atoms with Gasteiger partial charge in [0.15, 0.2) is 5.13 Å². The van der Waals surface area contributed by atoms with Gasteiger partial charge in [-0.25, -0.2) is 4.98 Å². The van der Waals surface area contributed by atoms with Crippen molar-refractivity contribution in [3.8, 4) is 0 Å². The fraction of sp³-hybridized carbons (Fsp3) is 0.286. The molecule has 0 atom stereocenters. The van der Waals surface area contributed by atoms with Crippen LogP contribution in [0.25, 0.3) is 0 Å². The summed E-state index contributed by atoms with van der Waals surface area (Å²) in [4.78, 5) is 34.8. The Morgan fingerprint density at radius 2 is 2.07 bits per heavy atom. The number of amides is 2. The number of thiazole rings is 1. The van der Waals surface area contributed by atoms with Crippen LogP contribution in [0.3, 0.4) is 0 Å². The molecule has 3 aromatic rings. The third kappa shape index (κ3) is 3.56. The summed E-state index contributed by atoms with van der Waals surface area (Å²) >= 11 is 1.47. The smallest absolute Gasteiger partial charge is 0.260 e. The highest BCUT2D eigenvalue weighted by atomic mass is 32.1. The molecule has 148 valence electrons. The molecule has 0 bridgehead atoms. The monoisotopic (exact) mass is 408 g/mol. The van der Waals surface area contributed by atoms with Gasteiger partial charge in [-0.1, -0.05) is 18.2 Å². The van der Waals surface area contributed by atoms with Gasteiger partial charge in [-0.2, -0.15) is 0 Å². The quantitative estimate of drug-likeness (QED) is 0.718. The number of hydrogen-bond acceptors (Lipinski definition) is 6. The van der Waals surface area contributed by atoms with E-state index >= 15 is 0 Å². The van der Waals surface area contributed by atoms with Gasteiger partial charge in [0.25, 0.3) is 5.91 Å². The fourth-order valence-corrected chi connectivity index (χ4v) is 4.92. The van der Waals surface area contributed by atoms with Crippen LogP contribution in [0.4, 0.5) is 10.8 Å². The largest absolute Gasteiger partial charge is 0.472 e. The molecule has 0 unspecified atom stereocenters. The molecule has 5 rings (SSSR count). The summed E-state index contributed by atoms with van der Waals surface area (Å²) in [7, 11) is 0. The van der Waals surface area contributed by atoms with Crippen molar-refractivity contribution in [3.05, 3.63) is 64.6 Å². The first-order valence-electron chi connectivity index (χ1n) is 9.60. The van der Waals surface area contributed by atoms with Crippen molar-refractivity contribution in [3.63, 3.8) is 0 Å². The van der Waals surface area contributed by atoms with Gasteiger partial charge in [-0.15, -0.1) is 11.3 Å². The topological polar surface area (TPSA) is 78.7 Å². The molecule has 0 radical (unpaired) electrons. The Hall–Kier alpha value is -2.97. The predicted molar refractivity (Wildman–Crippen MR) is 110 cm³/mol. The number of carbonyl (C=O) groups excluding carboxylic acids is 2. The predicted octanol–water partition coefficient (Wildman–Crippen LogP) is 2.94. The van der Waals surface area contributed by atoms with E-state index in [9.17, 15) is 9.59 Å². The normalized spacial score (nSPS) is 15.8. The van der Waals surface area contributed by atoms with Crippen LogP contribution in [0.1, 0.15) is 26.5 Å². The molecule has 8 heteroatoms. The van der Waals surface area contributed by atoms with Crippen LogP contribution in [0.5, 0.6) is 0 Å². The summed E-state index contributed by atoms with van der Waals surface area (Å²) in [5.41, 5.74) is 3.75. The zero-order valence-electron chi connectivity index (χ0n) is 15.8. The molecule has 7 nitrogen and oxygen atoms in total. The number of para-hydroxylation sites is 1. The molecule has 0 saturated carbocycles. The molecular formula is C21H20N4O3S. The number of fused-ring (bicyclic) bond motifs is 2. The summed E-state index contributed by atoms with van der Waals surface area (Å²) in [5, 5.41) is 3.41. The SMILES string of the molecule is O=C(Nc1nc2c(s1)CN(CC(=O)N1CCc3ccccc31)CC2)c1ccoc1. The second-order valence-corrected chi connectivity index (χ2v) is 8.32. The standard InChI is InChI=1S/C21H20N4O3S/c26-19(25-9-5-14-3-1-2-4-17(14)25)12-24-8-6-16-18(11-24)29-21(22-16)23-20(27)15-7-10-28-13-15/h1-4,7,10,13H,5-6,8-9,11-12H2,(H,22,23,27). The average molecular weight is 408 g/mol. The zero-order chi connectivity index (χ0) is 19.8. The second-order valence-electron chi connectivity index (χ2n) is 7.24. The maximum Gasteiger partial charge on any atom is 0.260 e. The average Bonchev–Trinajstić information content (AvgIpc) is 3.46. The summed E-state index contributed by atoms with van der Waals surface area (Å²) in [5.74, 6) is -0.0963. The van der Waals surface area contributed by atoms with E-state index in [-0.39, 0.29) is 11.8 Å². The molecule has 29 heavy (non-hydrogen) atoms. The van der Waals surface area contributed by atoms with Crippen LogP contribution >= 0.6 is 11.3 Å². The summed E-state index contributed by atoms with van der Waals surface area (Å²) in [6.07, 6.45) is 4.57. The maximum absolute atomic E-state index is 12.9. The molecule has 1 aromatic carbocycles. The molecule has 2 amide bonds. The second kappa shape index (κ2) is 7.46. The molecule has 2 aromatic heterocycles. The highest BCUT2D eigenvalue weighted by molar-refractivity contribution is 7.15. The molecule has 1 N–H and O–H groups in total. The van der Waals surface area contributed by atoms with E-state index in [1.54, 1.807) is 6.07 Å². The Balaban J connectivity index is 1.23. The van der Waals surface area contributed by atoms with Crippen LogP contribution in [-0.2, 0) is 24.2 Å². The van der Waals surface area contributed by atoms with Crippen molar-refractivity contribution in [1.29, 1.82) is 0 Å². The third-order valence-corrected chi connectivity index (χ3v) is 6.36. The van der Waals surface area contributed by atoms with Crippen molar-refractivity contribution in [2.45, 2.75) is 19.4 Å². The Bertz CT molecular complexity index is 1060. The molecule has 2 aliphatic rings. The first-order chi connectivity index (χ1) is 14.2. The Labute approximate surface area is 172 Å². The van der Waals surface area contributed by atoms with E-state index in [2.05, 4.69) is 21.3 Å². The van der Waals surface area contributed by atoms with Gasteiger partial charge in [0, 0.05) is 36.6 Å². The van der Waals surface area contributed by atoms with E-state index in [0.717, 1.165) is 42.2 Å². The van der Waals surface area contributed by atoms with Crippen molar-refractivity contribution < 1.29 is 14.0 Å². The number of nitrogens with one attached hydrogen (secondary N) is 1. The van der Waals surface area contributed by atoms with Crippen LogP contribution in [0.2, 0.25) is 0 Å². The van der Waals surface area contributed by atoms with E-state index in [4.69, 9.17) is 4.42 Å². The molecule has 4 heterocycles. The number of nitrogens with zero attached hydrogens (tertiary/aromatic N) is 3. The van der Waals surface area contributed by atoms with Crippen molar-refractivity contribution in [1.82, 2.24) is 9.88 Å². The number of anilines is 2. The van der Waals surface area contributed by atoms with E-state index in [1.165, 1.54) is 29.4 Å². The number of rotatable bonds is 4. The van der Waals surface area contributed by atoms with Gasteiger partial charge < -0.3 is 9.32 Å². The number of hydrogen-bond donors (Lipinski definition) is 1. The van der Waals surface area contributed by atoms with Crippen molar-refractivity contribution in [2.75, 3.05) is 29.9 Å². The summed E-state index contributed by atoms with van der Waals surface area (Å²) in [6, 6.07) is 9.73. The summed E-state index contributed by atoms with van der Waals surface area (Å²) in [6.45, 7) is 2.60. The van der Waals surface area contributed by atoms with Gasteiger partial charge in [0.2, 0.25) is 5.91 Å². The number of carbonyl (C=O) groups is 2. The Morgan fingerprint density at radius 3 is 2.93 bits per heavy atom. The van der Waals surface area contributed by atoms with Gasteiger partial charge in [0.1, 0.15) is 6.26 Å². The number of benzene rings is 1. The van der Waals surface area contributed by atoms with E-state index < -0.39 is 0 Å². The highest BCUT2D eigenvalue weighted by Gasteiger charge is 2.28. The van der Waals surface area contributed by atoms with E-state index in [1.807, 2.05) is 23.1 Å². The lowest BCUT2D eigenvalue weighted by Gasteiger charge is -2.27. The van der Waals surface area contributed by atoms with Gasteiger partial charge in [-0.05, 0) is 24.1 Å².